The fraction of sp³-hybridized carbons (Fsp3) is 0.255. The summed E-state index contributed by atoms with van der Waals surface area (Å²) in [5.41, 5.74) is 6.51. The molecule has 0 bridgehead atoms. The normalized spacial score (nSPS) is 14.0. The number of benzene rings is 5. The van der Waals surface area contributed by atoms with Crippen molar-refractivity contribution in [1.82, 2.24) is 9.80 Å². The van der Waals surface area contributed by atoms with E-state index in [1.54, 1.807) is 0 Å². The highest BCUT2D eigenvalue weighted by Crippen LogP contribution is 2.31. The number of aliphatic hydroxyl groups excluding tert-OH is 2. The second-order valence-electron chi connectivity index (χ2n) is 14.8. The highest BCUT2D eigenvalue weighted by Gasteiger charge is 2.30. The topological polar surface area (TPSA) is 56.2 Å². The van der Waals surface area contributed by atoms with E-state index in [9.17, 15) is 23.4 Å². The van der Waals surface area contributed by atoms with Crippen LogP contribution in [0.25, 0.3) is 16.3 Å². The van der Waals surface area contributed by atoms with Crippen LogP contribution < -0.4 is 4.74 Å². The van der Waals surface area contributed by atoms with Crippen LogP contribution in [0.2, 0.25) is 0 Å². The minimum Gasteiger partial charge on any atom is -0.491 e. The molecule has 0 aromatic heterocycles. The first kappa shape index (κ1) is 44.6. The number of hydrogen-bond acceptors (Lipinski definition) is 5. The van der Waals surface area contributed by atoms with Crippen molar-refractivity contribution in [3.63, 3.8) is 0 Å². The van der Waals surface area contributed by atoms with Gasteiger partial charge in [0.25, 0.3) is 0 Å². The molecule has 2 N–H and O–H groups in total. The summed E-state index contributed by atoms with van der Waals surface area (Å²) in [6, 6.07) is 37.6. The van der Waals surface area contributed by atoms with Crippen LogP contribution in [-0.4, -0.2) is 58.9 Å². The minimum atomic E-state index is -4.43. The minimum absolute atomic E-state index is 0.0847. The molecule has 0 spiro atoms. The molecule has 0 aliphatic rings. The SMILES string of the molecule is C=C/C(=C\C(=C/C)c1ccc2ccc(C(O)CN(Cc3ccccc3)Cc3ccccc3)cc2c1)CN(C/C(C)=C/C=C\C)CC(O)COc1ccc(C(F)(F)F)cc1. The van der Waals surface area contributed by atoms with E-state index in [4.69, 9.17) is 4.74 Å². The molecule has 0 aliphatic carbocycles. The van der Waals surface area contributed by atoms with E-state index in [0.717, 1.165) is 50.8 Å². The number of alkyl halides is 3. The third kappa shape index (κ3) is 14.1. The van der Waals surface area contributed by atoms with Gasteiger partial charge in [-0.15, -0.1) is 0 Å². The van der Waals surface area contributed by atoms with Crippen molar-refractivity contribution < 1.29 is 28.1 Å². The van der Waals surface area contributed by atoms with Crippen LogP contribution in [0.4, 0.5) is 13.2 Å². The number of fused-ring (bicyclic) bond motifs is 1. The third-order valence-electron chi connectivity index (χ3n) is 9.97. The lowest BCUT2D eigenvalue weighted by atomic mass is 9.96. The predicted octanol–water partition coefficient (Wildman–Crippen LogP) is 11.4. The van der Waals surface area contributed by atoms with Crippen molar-refractivity contribution in [1.29, 1.82) is 0 Å². The van der Waals surface area contributed by atoms with E-state index >= 15 is 0 Å². The second kappa shape index (κ2) is 22.0. The van der Waals surface area contributed by atoms with Crippen molar-refractivity contribution >= 4 is 16.3 Å². The first-order valence-corrected chi connectivity index (χ1v) is 19.9. The highest BCUT2D eigenvalue weighted by molar-refractivity contribution is 5.88. The maximum absolute atomic E-state index is 13.0. The summed E-state index contributed by atoms with van der Waals surface area (Å²) in [4.78, 5) is 4.38. The molecule has 5 aromatic carbocycles. The zero-order chi connectivity index (χ0) is 42.2. The molecule has 5 nitrogen and oxygen atoms in total. The van der Waals surface area contributed by atoms with Crippen LogP contribution in [0, 0.1) is 0 Å². The molecule has 2 unspecified atom stereocenters. The summed E-state index contributed by atoms with van der Waals surface area (Å²) in [5, 5.41) is 24.7. The Morgan fingerprint density at radius 3 is 2.00 bits per heavy atom. The van der Waals surface area contributed by atoms with E-state index in [2.05, 4.69) is 83.1 Å². The van der Waals surface area contributed by atoms with Crippen LogP contribution in [0.15, 0.2) is 176 Å². The van der Waals surface area contributed by atoms with Crippen LogP contribution in [-0.2, 0) is 19.3 Å². The summed E-state index contributed by atoms with van der Waals surface area (Å²) in [6.45, 7) is 13.2. The number of halogens is 3. The Morgan fingerprint density at radius 1 is 0.763 bits per heavy atom. The summed E-state index contributed by atoms with van der Waals surface area (Å²) in [6.07, 6.45) is 5.88. The van der Waals surface area contributed by atoms with Gasteiger partial charge in [0.05, 0.1) is 11.7 Å². The molecule has 59 heavy (non-hydrogen) atoms. The van der Waals surface area contributed by atoms with Crippen molar-refractivity contribution in [2.45, 2.75) is 52.2 Å². The molecule has 8 heteroatoms. The first-order valence-electron chi connectivity index (χ1n) is 19.9. The van der Waals surface area contributed by atoms with Gasteiger partial charge >= 0.3 is 6.18 Å². The van der Waals surface area contributed by atoms with Crippen LogP contribution in [0.5, 0.6) is 5.75 Å². The van der Waals surface area contributed by atoms with Crippen molar-refractivity contribution in [2.75, 3.05) is 32.8 Å². The van der Waals surface area contributed by atoms with Crippen LogP contribution in [0.3, 0.4) is 0 Å². The molecule has 5 aromatic rings. The number of ether oxygens (including phenoxy) is 1. The van der Waals surface area contributed by atoms with Crippen molar-refractivity contribution in [3.05, 3.63) is 203 Å². The van der Waals surface area contributed by atoms with E-state index in [0.29, 0.717) is 32.7 Å². The lowest BCUT2D eigenvalue weighted by Gasteiger charge is -2.26. The largest absolute Gasteiger partial charge is 0.491 e. The molecule has 2 atom stereocenters. The Morgan fingerprint density at radius 2 is 1.41 bits per heavy atom. The highest BCUT2D eigenvalue weighted by atomic mass is 19.4. The standard InChI is InChI=1S/C51H55F3N2O3/c1-5-8-15-38(4)31-55(35-48(57)37-59-49-26-24-47(25-27-49)51(52,53)54)32-39(6-2)28-42(7-3)44-22-20-43-21-23-45(30-46(43)29-44)50(58)36-56(33-40-16-11-9-12-17-40)34-41-18-13-10-14-19-41/h5-30,48,50,57-58H,2,31-37H2,1,3-4H3/b8-5-,38-15+,39-28+,42-7+. The smallest absolute Gasteiger partial charge is 0.416 e. The van der Waals surface area contributed by atoms with Crippen LogP contribution >= 0.6 is 0 Å². The maximum Gasteiger partial charge on any atom is 0.416 e. The fourth-order valence-corrected chi connectivity index (χ4v) is 6.96. The lowest BCUT2D eigenvalue weighted by molar-refractivity contribution is -0.137. The molecule has 5 rings (SSSR count). The quantitative estimate of drug-likeness (QED) is 0.0768. The fourth-order valence-electron chi connectivity index (χ4n) is 6.96. The molecular weight excluding hydrogens is 746 g/mol. The Balaban J connectivity index is 1.31. The lowest BCUT2D eigenvalue weighted by Crippen LogP contribution is -2.37. The summed E-state index contributed by atoms with van der Waals surface area (Å²) in [5.74, 6) is 0.252. The number of hydrogen-bond donors (Lipinski definition) is 2. The molecule has 0 amide bonds. The van der Waals surface area contributed by atoms with Crippen molar-refractivity contribution in [3.8, 4) is 5.75 Å². The molecule has 0 aliphatic heterocycles. The molecule has 308 valence electrons. The monoisotopic (exact) mass is 800 g/mol. The van der Waals surface area contributed by atoms with Gasteiger partial charge in [0.15, 0.2) is 0 Å². The van der Waals surface area contributed by atoms with Crippen molar-refractivity contribution in [2.24, 2.45) is 0 Å². The summed E-state index contributed by atoms with van der Waals surface area (Å²) >= 11 is 0. The Bertz CT molecular complexity index is 2170. The van der Waals surface area contributed by atoms with E-state index < -0.39 is 23.9 Å². The number of aliphatic hydroxyl groups is 2. The summed E-state index contributed by atoms with van der Waals surface area (Å²) in [7, 11) is 0. The van der Waals surface area contributed by atoms with E-state index in [1.165, 1.54) is 23.3 Å². The zero-order valence-corrected chi connectivity index (χ0v) is 34.2. The molecule has 0 saturated carbocycles. The van der Waals surface area contributed by atoms with Gasteiger partial charge in [0, 0.05) is 39.3 Å². The Hall–Kier alpha value is -5.51. The number of allylic oxidation sites excluding steroid dienone is 6. The maximum atomic E-state index is 13.0. The van der Waals surface area contributed by atoms with Gasteiger partial charge in [-0.1, -0.05) is 134 Å². The Labute approximate surface area is 347 Å². The van der Waals surface area contributed by atoms with Gasteiger partial charge in [-0.05, 0) is 101 Å². The Kier molecular flexibility index (Phi) is 16.6. The number of nitrogens with zero attached hydrogens (tertiary/aromatic N) is 2. The third-order valence-corrected chi connectivity index (χ3v) is 9.97. The average Bonchev–Trinajstić information content (AvgIpc) is 3.23. The molecular formula is C51H55F3N2O3. The van der Waals surface area contributed by atoms with Gasteiger partial charge in [-0.2, -0.15) is 13.2 Å². The van der Waals surface area contributed by atoms with Gasteiger partial charge in [0.2, 0.25) is 0 Å². The number of rotatable bonds is 20. The first-order chi connectivity index (χ1) is 28.4. The van der Waals surface area contributed by atoms with Gasteiger partial charge in [0.1, 0.15) is 18.5 Å². The predicted molar refractivity (Wildman–Crippen MR) is 236 cm³/mol. The molecule has 0 fully saturated rings. The molecule has 0 radical (unpaired) electrons. The molecule has 0 saturated heterocycles. The van der Waals surface area contributed by atoms with E-state index in [1.807, 2.05) is 87.5 Å². The van der Waals surface area contributed by atoms with E-state index in [-0.39, 0.29) is 18.9 Å². The van der Waals surface area contributed by atoms with Crippen LogP contribution in [0.1, 0.15) is 54.7 Å². The average molecular weight is 801 g/mol. The second-order valence-corrected chi connectivity index (χ2v) is 14.8. The summed E-state index contributed by atoms with van der Waals surface area (Å²) < 4.78 is 44.7. The molecule has 0 heterocycles. The zero-order valence-electron chi connectivity index (χ0n) is 34.2. The van der Waals surface area contributed by atoms with Gasteiger partial charge < -0.3 is 14.9 Å². The van der Waals surface area contributed by atoms with Gasteiger partial charge in [-0.25, -0.2) is 0 Å². The van der Waals surface area contributed by atoms with Gasteiger partial charge in [-0.3, -0.25) is 9.80 Å².